The van der Waals surface area contributed by atoms with E-state index in [2.05, 4.69) is 33.0 Å². The van der Waals surface area contributed by atoms with Crippen LogP contribution in [0.3, 0.4) is 0 Å². The molecule has 0 fully saturated rings. The van der Waals surface area contributed by atoms with Crippen LogP contribution in [0.25, 0.3) is 0 Å². The molecule has 1 N–H and O–H groups in total. The molecule has 0 radical (unpaired) electrons. The lowest BCUT2D eigenvalue weighted by Gasteiger charge is -2.15. The number of carbonyl (C=O) groups is 1. The van der Waals surface area contributed by atoms with Gasteiger partial charge in [0.25, 0.3) is 5.91 Å². The fraction of sp³-hybridized carbons (Fsp3) is 0.182. The molecule has 0 aliphatic heterocycles. The van der Waals surface area contributed by atoms with Crippen LogP contribution in [0, 0.1) is 3.57 Å². The molecule has 2 aromatic rings. The van der Waals surface area contributed by atoms with Crippen LogP contribution in [-0.2, 0) is 6.54 Å². The van der Waals surface area contributed by atoms with Gasteiger partial charge in [-0.3, -0.25) is 4.79 Å². The SMILES string of the molecule is CN(Cc1ccsc1)C(=O)c1cc(I)c[nH]1. The van der Waals surface area contributed by atoms with Crippen molar-refractivity contribution >= 4 is 39.8 Å². The second kappa shape index (κ2) is 5.01. The van der Waals surface area contributed by atoms with Gasteiger partial charge in [0.15, 0.2) is 0 Å². The number of hydrogen-bond donors (Lipinski definition) is 1. The second-order valence-corrected chi connectivity index (χ2v) is 5.55. The number of carbonyl (C=O) groups excluding carboxylic acids is 1. The van der Waals surface area contributed by atoms with Crippen molar-refractivity contribution in [1.29, 1.82) is 0 Å². The molecule has 0 unspecified atom stereocenters. The van der Waals surface area contributed by atoms with Crippen molar-refractivity contribution in [2.24, 2.45) is 0 Å². The van der Waals surface area contributed by atoms with Gasteiger partial charge in [-0.2, -0.15) is 11.3 Å². The zero-order chi connectivity index (χ0) is 11.5. The molecule has 0 spiro atoms. The number of halogens is 1. The lowest BCUT2D eigenvalue weighted by molar-refractivity contribution is 0.0780. The first-order valence-corrected chi connectivity index (χ1v) is 6.79. The predicted octanol–water partition coefficient (Wildman–Crippen LogP) is 2.95. The first kappa shape index (κ1) is 11.7. The highest BCUT2D eigenvalue weighted by Crippen LogP contribution is 2.12. The van der Waals surface area contributed by atoms with E-state index in [4.69, 9.17) is 0 Å². The zero-order valence-electron chi connectivity index (χ0n) is 8.74. The van der Waals surface area contributed by atoms with Gasteiger partial charge >= 0.3 is 0 Å². The smallest absolute Gasteiger partial charge is 0.270 e. The largest absolute Gasteiger partial charge is 0.356 e. The van der Waals surface area contributed by atoms with Gasteiger partial charge in [0, 0.05) is 23.4 Å². The normalized spacial score (nSPS) is 10.4. The van der Waals surface area contributed by atoms with E-state index < -0.39 is 0 Å². The molecule has 0 aliphatic rings. The van der Waals surface area contributed by atoms with Crippen molar-refractivity contribution in [2.75, 3.05) is 7.05 Å². The van der Waals surface area contributed by atoms with Crippen molar-refractivity contribution in [1.82, 2.24) is 9.88 Å². The molecule has 84 valence electrons. The van der Waals surface area contributed by atoms with Gasteiger partial charge in [-0.05, 0) is 51.0 Å². The third-order valence-electron chi connectivity index (χ3n) is 2.22. The maximum absolute atomic E-state index is 12.0. The predicted molar refractivity (Wildman–Crippen MR) is 73.6 cm³/mol. The first-order valence-electron chi connectivity index (χ1n) is 4.77. The number of aromatic amines is 1. The van der Waals surface area contributed by atoms with E-state index in [1.165, 1.54) is 5.56 Å². The van der Waals surface area contributed by atoms with E-state index in [0.29, 0.717) is 12.2 Å². The van der Waals surface area contributed by atoms with Crippen LogP contribution >= 0.6 is 33.9 Å². The number of H-pyrrole nitrogens is 1. The van der Waals surface area contributed by atoms with E-state index >= 15 is 0 Å². The Bertz CT molecular complexity index is 478. The highest BCUT2D eigenvalue weighted by Gasteiger charge is 2.13. The molecule has 2 rings (SSSR count). The number of nitrogens with one attached hydrogen (secondary N) is 1. The molecule has 2 aromatic heterocycles. The molecular weight excluding hydrogens is 335 g/mol. The summed E-state index contributed by atoms with van der Waals surface area (Å²) in [5.41, 5.74) is 1.81. The number of hydrogen-bond acceptors (Lipinski definition) is 2. The fourth-order valence-corrected chi connectivity index (χ4v) is 2.55. The molecule has 5 heteroatoms. The van der Waals surface area contributed by atoms with Crippen molar-refractivity contribution in [3.63, 3.8) is 0 Å². The van der Waals surface area contributed by atoms with Crippen molar-refractivity contribution in [2.45, 2.75) is 6.54 Å². The summed E-state index contributed by atoms with van der Waals surface area (Å²) in [6, 6.07) is 3.89. The van der Waals surface area contributed by atoms with Crippen LogP contribution in [-0.4, -0.2) is 22.8 Å². The summed E-state index contributed by atoms with van der Waals surface area (Å²) in [6.07, 6.45) is 1.83. The fourth-order valence-electron chi connectivity index (χ4n) is 1.43. The van der Waals surface area contributed by atoms with Gasteiger partial charge in [0.1, 0.15) is 5.69 Å². The lowest BCUT2D eigenvalue weighted by Crippen LogP contribution is -2.26. The van der Waals surface area contributed by atoms with E-state index in [1.807, 2.05) is 30.8 Å². The summed E-state index contributed by atoms with van der Waals surface area (Å²) in [6.45, 7) is 0.651. The van der Waals surface area contributed by atoms with Crippen molar-refractivity contribution < 1.29 is 4.79 Å². The molecule has 0 atom stereocenters. The first-order chi connectivity index (χ1) is 7.66. The standard InChI is InChI=1S/C11H11IN2OS/c1-14(6-8-2-3-16-7-8)11(15)10-4-9(12)5-13-10/h2-5,7,13H,6H2,1H3. The lowest BCUT2D eigenvalue weighted by atomic mass is 10.3. The third-order valence-corrected chi connectivity index (χ3v) is 3.58. The maximum atomic E-state index is 12.0. The highest BCUT2D eigenvalue weighted by molar-refractivity contribution is 14.1. The summed E-state index contributed by atoms with van der Waals surface area (Å²) in [5, 5.41) is 4.08. The van der Waals surface area contributed by atoms with E-state index in [9.17, 15) is 4.79 Å². The average molecular weight is 346 g/mol. The number of rotatable bonds is 3. The Hall–Kier alpha value is -0.820. The average Bonchev–Trinajstić information content (AvgIpc) is 2.88. The number of thiophene rings is 1. The molecule has 2 heterocycles. The summed E-state index contributed by atoms with van der Waals surface area (Å²) < 4.78 is 1.05. The highest BCUT2D eigenvalue weighted by atomic mass is 127. The minimum Gasteiger partial charge on any atom is -0.356 e. The third kappa shape index (κ3) is 2.65. The Labute approximate surface area is 112 Å². The Morgan fingerprint density at radius 3 is 3.00 bits per heavy atom. The van der Waals surface area contributed by atoms with Crippen LogP contribution in [0.5, 0.6) is 0 Å². The Morgan fingerprint density at radius 2 is 2.44 bits per heavy atom. The van der Waals surface area contributed by atoms with Gasteiger partial charge in [0.2, 0.25) is 0 Å². The molecule has 0 saturated heterocycles. The van der Waals surface area contributed by atoms with Gasteiger partial charge in [-0.1, -0.05) is 0 Å². The van der Waals surface area contributed by atoms with E-state index in [1.54, 1.807) is 16.2 Å². The summed E-state index contributed by atoms with van der Waals surface area (Å²) in [4.78, 5) is 16.7. The number of nitrogens with zero attached hydrogens (tertiary/aromatic N) is 1. The van der Waals surface area contributed by atoms with Gasteiger partial charge in [-0.25, -0.2) is 0 Å². The quantitative estimate of drug-likeness (QED) is 0.853. The zero-order valence-corrected chi connectivity index (χ0v) is 11.7. The van der Waals surface area contributed by atoms with Gasteiger partial charge < -0.3 is 9.88 Å². The Balaban J connectivity index is 2.05. The monoisotopic (exact) mass is 346 g/mol. The molecule has 3 nitrogen and oxygen atoms in total. The molecule has 0 saturated carbocycles. The molecule has 0 aliphatic carbocycles. The summed E-state index contributed by atoms with van der Waals surface area (Å²) >= 11 is 3.83. The van der Waals surface area contributed by atoms with Crippen LogP contribution in [0.15, 0.2) is 29.1 Å². The van der Waals surface area contributed by atoms with Crippen molar-refractivity contribution in [3.8, 4) is 0 Å². The van der Waals surface area contributed by atoms with Crippen LogP contribution < -0.4 is 0 Å². The summed E-state index contributed by atoms with van der Waals surface area (Å²) in [7, 11) is 1.81. The molecule has 1 amide bonds. The molecule has 0 aromatic carbocycles. The van der Waals surface area contributed by atoms with Crippen LogP contribution in [0.2, 0.25) is 0 Å². The molecule has 16 heavy (non-hydrogen) atoms. The minimum absolute atomic E-state index is 0.0223. The maximum Gasteiger partial charge on any atom is 0.270 e. The Morgan fingerprint density at radius 1 is 1.62 bits per heavy atom. The van der Waals surface area contributed by atoms with Gasteiger partial charge in [0.05, 0.1) is 0 Å². The topological polar surface area (TPSA) is 36.1 Å². The number of amides is 1. The Kier molecular flexibility index (Phi) is 3.65. The van der Waals surface area contributed by atoms with Crippen LogP contribution in [0.1, 0.15) is 16.1 Å². The van der Waals surface area contributed by atoms with Crippen LogP contribution in [0.4, 0.5) is 0 Å². The summed E-state index contributed by atoms with van der Waals surface area (Å²) in [5.74, 6) is 0.0223. The van der Waals surface area contributed by atoms with E-state index in [0.717, 1.165) is 3.57 Å². The second-order valence-electron chi connectivity index (χ2n) is 3.52. The van der Waals surface area contributed by atoms with E-state index in [-0.39, 0.29) is 5.91 Å². The molecule has 0 bridgehead atoms. The van der Waals surface area contributed by atoms with Gasteiger partial charge in [-0.15, -0.1) is 0 Å². The molecular formula is C11H11IN2OS. The minimum atomic E-state index is 0.0223. The number of aromatic nitrogens is 1. The van der Waals surface area contributed by atoms with Crippen molar-refractivity contribution in [3.05, 3.63) is 43.9 Å².